The van der Waals surface area contributed by atoms with E-state index in [1.54, 1.807) is 0 Å². The Morgan fingerprint density at radius 2 is 2.05 bits per heavy atom. The molecule has 2 N–H and O–H groups in total. The van der Waals surface area contributed by atoms with E-state index in [0.717, 1.165) is 49.5 Å². The predicted octanol–water partition coefficient (Wildman–Crippen LogP) is 2.33. The van der Waals surface area contributed by atoms with Gasteiger partial charge in [-0.2, -0.15) is 0 Å². The second-order valence-electron chi connectivity index (χ2n) is 6.98. The molecule has 21 heavy (non-hydrogen) atoms. The van der Waals surface area contributed by atoms with Gasteiger partial charge in [0, 0.05) is 7.05 Å². The minimum atomic E-state index is -0.374. The molecule has 1 atom stereocenters. The summed E-state index contributed by atoms with van der Waals surface area (Å²) in [5, 5.41) is 14.0. The Morgan fingerprint density at radius 1 is 1.33 bits per heavy atom. The number of aliphatic hydroxyl groups excluding tert-OH is 1. The monoisotopic (exact) mass is 290 g/mol. The van der Waals surface area contributed by atoms with E-state index in [4.69, 9.17) is 4.74 Å². The molecule has 0 saturated carbocycles. The molecule has 1 aromatic rings. The largest absolute Gasteiger partial charge is 0.484 e. The van der Waals surface area contributed by atoms with Crippen LogP contribution in [0.15, 0.2) is 18.2 Å². The molecule has 0 radical (unpaired) electrons. The zero-order valence-electron chi connectivity index (χ0n) is 13.2. The lowest BCUT2D eigenvalue weighted by atomic mass is 9.87. The minimum Gasteiger partial charge on any atom is -0.484 e. The predicted molar refractivity (Wildman–Crippen MR) is 85.0 cm³/mol. The van der Waals surface area contributed by atoms with E-state index in [1.165, 1.54) is 0 Å². The topological polar surface area (TPSA) is 44.7 Å². The average Bonchev–Trinajstić information content (AvgIpc) is 2.46. The fourth-order valence-corrected chi connectivity index (χ4v) is 3.52. The van der Waals surface area contributed by atoms with Gasteiger partial charge >= 0.3 is 0 Å². The number of anilines is 1. The summed E-state index contributed by atoms with van der Waals surface area (Å²) < 4.78 is 6.04. The molecule has 3 rings (SSSR count). The van der Waals surface area contributed by atoms with E-state index < -0.39 is 0 Å². The van der Waals surface area contributed by atoms with Crippen LogP contribution in [0.2, 0.25) is 0 Å². The number of hydrogen-bond acceptors (Lipinski definition) is 4. The molecule has 0 bridgehead atoms. The van der Waals surface area contributed by atoms with Crippen LogP contribution in [0, 0.1) is 5.92 Å². The third-order valence-electron chi connectivity index (χ3n) is 4.57. The van der Waals surface area contributed by atoms with Crippen LogP contribution >= 0.6 is 0 Å². The van der Waals surface area contributed by atoms with Gasteiger partial charge in [-0.3, -0.25) is 0 Å². The fourth-order valence-electron chi connectivity index (χ4n) is 3.52. The molecule has 0 amide bonds. The molecule has 116 valence electrons. The number of piperidine rings is 1. The molecule has 1 fully saturated rings. The van der Waals surface area contributed by atoms with Gasteiger partial charge in [0.15, 0.2) is 0 Å². The number of ether oxygens (including phenoxy) is 1. The first-order valence-electron chi connectivity index (χ1n) is 7.89. The van der Waals surface area contributed by atoms with Gasteiger partial charge in [0.2, 0.25) is 0 Å². The van der Waals surface area contributed by atoms with Gasteiger partial charge in [0.25, 0.3) is 0 Å². The number of aliphatic hydroxyl groups is 1. The summed E-state index contributed by atoms with van der Waals surface area (Å²) in [4.78, 5) is 2.22. The Hall–Kier alpha value is -1.26. The molecule has 4 nitrogen and oxygen atoms in total. The molecule has 0 spiro atoms. The van der Waals surface area contributed by atoms with Crippen molar-refractivity contribution in [3.63, 3.8) is 0 Å². The van der Waals surface area contributed by atoms with Gasteiger partial charge in [-0.1, -0.05) is 6.07 Å². The van der Waals surface area contributed by atoms with Crippen molar-refractivity contribution in [2.45, 2.75) is 38.4 Å². The number of rotatable bonds is 2. The van der Waals surface area contributed by atoms with E-state index >= 15 is 0 Å². The standard InChI is InChI=1S/C17H26N2O2/c1-17(2)11-19(3)14-10-13(4-5-15(14)21-17)16(20)12-6-8-18-9-7-12/h4-5,10,12,16,18,20H,6-9,11H2,1-3H3. The fraction of sp³-hybridized carbons (Fsp3) is 0.647. The summed E-state index contributed by atoms with van der Waals surface area (Å²) in [5.74, 6) is 1.27. The van der Waals surface area contributed by atoms with Crippen LogP contribution < -0.4 is 15.0 Å². The Bertz CT molecular complexity index is 510. The maximum absolute atomic E-state index is 10.6. The van der Waals surface area contributed by atoms with Crippen molar-refractivity contribution in [1.82, 2.24) is 5.32 Å². The summed E-state index contributed by atoms with van der Waals surface area (Å²) in [6.45, 7) is 7.06. The van der Waals surface area contributed by atoms with Crippen molar-refractivity contribution in [3.8, 4) is 5.75 Å². The summed E-state index contributed by atoms with van der Waals surface area (Å²) >= 11 is 0. The number of nitrogens with zero attached hydrogens (tertiary/aromatic N) is 1. The number of fused-ring (bicyclic) bond motifs is 1. The van der Waals surface area contributed by atoms with Crippen molar-refractivity contribution < 1.29 is 9.84 Å². The van der Waals surface area contributed by atoms with Crippen LogP contribution in [0.3, 0.4) is 0 Å². The molecule has 1 unspecified atom stereocenters. The van der Waals surface area contributed by atoms with Crippen LogP contribution in [-0.2, 0) is 0 Å². The van der Waals surface area contributed by atoms with Crippen molar-refractivity contribution in [3.05, 3.63) is 23.8 Å². The highest BCUT2D eigenvalue weighted by atomic mass is 16.5. The summed E-state index contributed by atoms with van der Waals surface area (Å²) in [7, 11) is 2.09. The van der Waals surface area contributed by atoms with Gasteiger partial charge in [0.1, 0.15) is 11.4 Å². The van der Waals surface area contributed by atoms with Gasteiger partial charge in [-0.05, 0) is 63.4 Å². The number of likely N-dealkylation sites (N-methyl/N-ethyl adjacent to an activating group) is 1. The van der Waals surface area contributed by atoms with Crippen molar-refractivity contribution in [2.24, 2.45) is 5.92 Å². The van der Waals surface area contributed by atoms with Crippen molar-refractivity contribution >= 4 is 5.69 Å². The molecular formula is C17H26N2O2. The molecule has 1 saturated heterocycles. The summed E-state index contributed by atoms with van der Waals surface area (Å²) in [6.07, 6.45) is 1.70. The lowest BCUT2D eigenvalue weighted by Gasteiger charge is -2.39. The molecule has 2 heterocycles. The Kier molecular flexibility index (Phi) is 3.84. The normalized spacial score (nSPS) is 23.3. The minimum absolute atomic E-state index is 0.170. The van der Waals surface area contributed by atoms with Crippen LogP contribution in [0.4, 0.5) is 5.69 Å². The quantitative estimate of drug-likeness (QED) is 0.877. The van der Waals surface area contributed by atoms with E-state index in [0.29, 0.717) is 5.92 Å². The molecule has 1 aromatic carbocycles. The van der Waals surface area contributed by atoms with Crippen molar-refractivity contribution in [2.75, 3.05) is 31.6 Å². The highest BCUT2D eigenvalue weighted by molar-refractivity contribution is 5.62. The highest BCUT2D eigenvalue weighted by Gasteiger charge is 2.31. The molecule has 0 aliphatic carbocycles. The zero-order chi connectivity index (χ0) is 15.0. The number of nitrogens with one attached hydrogen (secondary N) is 1. The van der Waals surface area contributed by atoms with Gasteiger partial charge in [-0.15, -0.1) is 0 Å². The zero-order valence-corrected chi connectivity index (χ0v) is 13.2. The molecule has 0 aromatic heterocycles. The Morgan fingerprint density at radius 3 is 2.76 bits per heavy atom. The molecular weight excluding hydrogens is 264 g/mol. The van der Waals surface area contributed by atoms with Gasteiger partial charge in [-0.25, -0.2) is 0 Å². The molecule has 2 aliphatic rings. The lowest BCUT2D eigenvalue weighted by Crippen LogP contribution is -2.45. The molecule has 2 aliphatic heterocycles. The Balaban J connectivity index is 1.84. The van der Waals surface area contributed by atoms with Crippen molar-refractivity contribution in [1.29, 1.82) is 0 Å². The van der Waals surface area contributed by atoms with E-state index in [9.17, 15) is 5.11 Å². The van der Waals surface area contributed by atoms with Crippen LogP contribution in [-0.4, -0.2) is 37.4 Å². The van der Waals surface area contributed by atoms with Crippen LogP contribution in [0.5, 0.6) is 5.75 Å². The van der Waals surface area contributed by atoms with Crippen LogP contribution in [0.25, 0.3) is 0 Å². The first-order valence-corrected chi connectivity index (χ1v) is 7.89. The smallest absolute Gasteiger partial charge is 0.143 e. The second kappa shape index (κ2) is 5.50. The third-order valence-corrected chi connectivity index (χ3v) is 4.57. The maximum atomic E-state index is 10.6. The summed E-state index contributed by atoms with van der Waals surface area (Å²) in [6, 6.07) is 6.12. The number of benzene rings is 1. The molecule has 4 heteroatoms. The second-order valence-corrected chi connectivity index (χ2v) is 6.98. The maximum Gasteiger partial charge on any atom is 0.143 e. The summed E-state index contributed by atoms with van der Waals surface area (Å²) in [5.41, 5.74) is 1.92. The lowest BCUT2D eigenvalue weighted by molar-refractivity contribution is 0.0879. The SMILES string of the molecule is CN1CC(C)(C)Oc2ccc(C(O)C3CCNCC3)cc21. The number of hydrogen-bond donors (Lipinski definition) is 2. The Labute approximate surface area is 127 Å². The van der Waals surface area contributed by atoms with Gasteiger partial charge in [0.05, 0.1) is 18.3 Å². The van der Waals surface area contributed by atoms with E-state index in [1.807, 2.05) is 12.1 Å². The average molecular weight is 290 g/mol. The van der Waals surface area contributed by atoms with Crippen LogP contribution in [0.1, 0.15) is 38.4 Å². The third kappa shape index (κ3) is 3.01. The first-order chi connectivity index (χ1) is 9.96. The van der Waals surface area contributed by atoms with E-state index in [-0.39, 0.29) is 11.7 Å². The van der Waals surface area contributed by atoms with Gasteiger partial charge < -0.3 is 20.1 Å². The first kappa shape index (κ1) is 14.7. The van der Waals surface area contributed by atoms with E-state index in [2.05, 4.69) is 37.2 Å². The highest BCUT2D eigenvalue weighted by Crippen LogP contribution is 2.39.